The summed E-state index contributed by atoms with van der Waals surface area (Å²) in [4.78, 5) is 3.36. The van der Waals surface area contributed by atoms with E-state index >= 15 is 0 Å². The maximum absolute atomic E-state index is 13.7. The first-order chi connectivity index (χ1) is 9.31. The van der Waals surface area contributed by atoms with Crippen LogP contribution in [0.25, 0.3) is 0 Å². The van der Waals surface area contributed by atoms with Gasteiger partial charge in [-0.1, -0.05) is 0 Å². The first-order valence-electron chi connectivity index (χ1n) is 5.37. The third kappa shape index (κ3) is 3.22. The van der Waals surface area contributed by atoms with Crippen LogP contribution in [0.15, 0.2) is 33.1 Å². The van der Waals surface area contributed by atoms with Crippen LogP contribution < -0.4 is 4.72 Å². The third-order valence-electron chi connectivity index (χ3n) is 2.39. The van der Waals surface area contributed by atoms with Gasteiger partial charge in [-0.3, -0.25) is 0 Å². The lowest BCUT2D eigenvalue weighted by molar-refractivity contribution is 0.534. The summed E-state index contributed by atoms with van der Waals surface area (Å²) in [5.74, 6) is -2.02. The van der Waals surface area contributed by atoms with Crippen molar-refractivity contribution in [3.05, 3.63) is 44.8 Å². The van der Waals surface area contributed by atoms with Crippen molar-refractivity contribution in [2.24, 2.45) is 0 Å². The van der Waals surface area contributed by atoms with E-state index in [2.05, 4.69) is 25.6 Å². The van der Waals surface area contributed by atoms with Gasteiger partial charge in [-0.2, -0.15) is 0 Å². The second kappa shape index (κ2) is 5.84. The quantitative estimate of drug-likeness (QED) is 0.882. The summed E-state index contributed by atoms with van der Waals surface area (Å²) in [6.45, 7) is 1.59. The van der Waals surface area contributed by atoms with Crippen LogP contribution in [0.5, 0.6) is 0 Å². The number of nitrogens with one attached hydrogen (secondary N) is 1. The van der Waals surface area contributed by atoms with E-state index in [0.717, 1.165) is 6.07 Å². The third-order valence-corrected chi connectivity index (χ3v) is 5.85. The number of hydrogen-bond acceptors (Lipinski definition) is 4. The first kappa shape index (κ1) is 15.5. The van der Waals surface area contributed by atoms with Gasteiger partial charge in [0.05, 0.1) is 6.04 Å². The van der Waals surface area contributed by atoms with Gasteiger partial charge < -0.3 is 0 Å². The summed E-state index contributed by atoms with van der Waals surface area (Å²) >= 11 is 4.13. The molecule has 0 aliphatic carbocycles. The molecule has 1 N–H and O–H groups in total. The zero-order chi connectivity index (χ0) is 14.9. The van der Waals surface area contributed by atoms with Crippen LogP contribution in [-0.2, 0) is 10.0 Å². The lowest BCUT2D eigenvalue weighted by Crippen LogP contribution is -2.28. The Hall–Kier alpha value is -0.900. The Kier molecular flexibility index (Phi) is 4.52. The summed E-state index contributed by atoms with van der Waals surface area (Å²) in [7, 11) is -4.14. The fraction of sp³-hybridized carbons (Fsp3) is 0.182. The van der Waals surface area contributed by atoms with Gasteiger partial charge in [-0.15, -0.1) is 11.3 Å². The lowest BCUT2D eigenvalue weighted by Gasteiger charge is -2.13. The highest BCUT2D eigenvalue weighted by Crippen LogP contribution is 2.27. The van der Waals surface area contributed by atoms with Crippen molar-refractivity contribution >= 4 is 37.3 Å². The number of halogens is 3. The Morgan fingerprint density at radius 2 is 2.10 bits per heavy atom. The molecule has 0 amide bonds. The van der Waals surface area contributed by atoms with Crippen LogP contribution >= 0.6 is 27.3 Å². The predicted molar refractivity (Wildman–Crippen MR) is 74.9 cm³/mol. The molecule has 0 fully saturated rings. The Bertz CT molecular complexity index is 697. The highest BCUT2D eigenvalue weighted by atomic mass is 79.9. The minimum Gasteiger partial charge on any atom is -0.248 e. The van der Waals surface area contributed by atoms with E-state index in [-0.39, 0.29) is 4.47 Å². The molecule has 1 atom stereocenters. The van der Waals surface area contributed by atoms with Gasteiger partial charge in [-0.25, -0.2) is 26.9 Å². The van der Waals surface area contributed by atoms with Crippen LogP contribution in [0.3, 0.4) is 0 Å². The van der Waals surface area contributed by atoms with Crippen molar-refractivity contribution in [2.45, 2.75) is 17.9 Å². The molecule has 1 aromatic heterocycles. The summed E-state index contributed by atoms with van der Waals surface area (Å²) < 4.78 is 53.1. The second-order valence-corrected chi connectivity index (χ2v) is 7.34. The van der Waals surface area contributed by atoms with Crippen LogP contribution in [0.2, 0.25) is 0 Å². The molecule has 1 heterocycles. The molecule has 1 aromatic carbocycles. The molecule has 9 heteroatoms. The molecule has 2 rings (SSSR count). The number of nitrogens with zero attached hydrogens (tertiary/aromatic N) is 1. The molecule has 1 unspecified atom stereocenters. The standard InChI is InChI=1S/C11H9BrF2N2O2S2/c1-6(11-15-2-3-19-11)16-20(17,18)10-8(12)4-7(13)5-9(10)14/h2-6,16H,1H3. The zero-order valence-corrected chi connectivity index (χ0v) is 13.3. The van der Waals surface area contributed by atoms with Gasteiger partial charge in [0.1, 0.15) is 21.5 Å². The van der Waals surface area contributed by atoms with E-state index in [0.29, 0.717) is 11.1 Å². The minimum atomic E-state index is -4.14. The molecular weight excluding hydrogens is 374 g/mol. The number of aromatic nitrogens is 1. The topological polar surface area (TPSA) is 59.1 Å². The van der Waals surface area contributed by atoms with Crippen LogP contribution in [0.1, 0.15) is 18.0 Å². The Labute approximate surface area is 127 Å². The van der Waals surface area contributed by atoms with Crippen molar-refractivity contribution in [3.63, 3.8) is 0 Å². The summed E-state index contributed by atoms with van der Waals surface area (Å²) in [6.07, 6.45) is 1.54. The van der Waals surface area contributed by atoms with Gasteiger partial charge in [0.25, 0.3) is 0 Å². The molecule has 0 saturated heterocycles. The fourth-order valence-corrected chi connectivity index (χ4v) is 4.67. The van der Waals surface area contributed by atoms with E-state index in [1.54, 1.807) is 18.5 Å². The molecule has 4 nitrogen and oxygen atoms in total. The number of rotatable bonds is 4. The highest BCUT2D eigenvalue weighted by molar-refractivity contribution is 9.10. The SMILES string of the molecule is CC(NS(=O)(=O)c1c(F)cc(F)cc1Br)c1nccs1. The molecule has 2 aromatic rings. The highest BCUT2D eigenvalue weighted by Gasteiger charge is 2.26. The van der Waals surface area contributed by atoms with Crippen LogP contribution in [0.4, 0.5) is 8.78 Å². The summed E-state index contributed by atoms with van der Waals surface area (Å²) in [5.41, 5.74) is 0. The average molecular weight is 383 g/mol. The Morgan fingerprint density at radius 3 is 2.65 bits per heavy atom. The van der Waals surface area contributed by atoms with Crippen molar-refractivity contribution < 1.29 is 17.2 Å². The van der Waals surface area contributed by atoms with Crippen molar-refractivity contribution in [2.75, 3.05) is 0 Å². The van der Waals surface area contributed by atoms with E-state index in [1.165, 1.54) is 11.3 Å². The van der Waals surface area contributed by atoms with Gasteiger partial charge >= 0.3 is 0 Å². The van der Waals surface area contributed by atoms with Crippen molar-refractivity contribution in [1.29, 1.82) is 0 Å². The van der Waals surface area contributed by atoms with Gasteiger partial charge in [0, 0.05) is 22.1 Å². The predicted octanol–water partition coefficient (Wildman–Crippen LogP) is 3.22. The van der Waals surface area contributed by atoms with Crippen molar-refractivity contribution in [1.82, 2.24) is 9.71 Å². The molecule has 0 bridgehead atoms. The molecule has 20 heavy (non-hydrogen) atoms. The van der Waals surface area contributed by atoms with Crippen LogP contribution in [0, 0.1) is 11.6 Å². The van der Waals surface area contributed by atoms with Gasteiger partial charge in [-0.05, 0) is 28.9 Å². The molecule has 108 valence electrons. The Balaban J connectivity index is 2.37. The lowest BCUT2D eigenvalue weighted by atomic mass is 10.3. The normalized spacial score (nSPS) is 13.4. The second-order valence-electron chi connectivity index (χ2n) is 3.91. The average Bonchev–Trinajstić information content (AvgIpc) is 2.78. The van der Waals surface area contributed by atoms with Crippen molar-refractivity contribution in [3.8, 4) is 0 Å². The van der Waals surface area contributed by atoms with E-state index in [9.17, 15) is 17.2 Å². The van der Waals surface area contributed by atoms with E-state index in [4.69, 9.17) is 0 Å². The summed E-state index contributed by atoms with van der Waals surface area (Å²) in [6, 6.07) is 0.801. The number of sulfonamides is 1. The molecule has 0 saturated carbocycles. The molecule has 0 spiro atoms. The first-order valence-corrected chi connectivity index (χ1v) is 8.53. The van der Waals surface area contributed by atoms with Gasteiger partial charge in [0.2, 0.25) is 10.0 Å². The maximum atomic E-state index is 13.7. The maximum Gasteiger partial charge on any atom is 0.245 e. The Morgan fingerprint density at radius 1 is 1.40 bits per heavy atom. The van der Waals surface area contributed by atoms with E-state index in [1.807, 2.05) is 0 Å². The zero-order valence-electron chi connectivity index (χ0n) is 10.1. The summed E-state index contributed by atoms with van der Waals surface area (Å²) in [5, 5.41) is 2.25. The smallest absolute Gasteiger partial charge is 0.245 e. The molecular formula is C11H9BrF2N2O2S2. The number of thiazole rings is 1. The number of hydrogen-bond donors (Lipinski definition) is 1. The molecule has 0 radical (unpaired) electrons. The van der Waals surface area contributed by atoms with Crippen LogP contribution in [-0.4, -0.2) is 13.4 Å². The monoisotopic (exact) mass is 382 g/mol. The number of benzene rings is 1. The fourth-order valence-electron chi connectivity index (χ4n) is 1.58. The van der Waals surface area contributed by atoms with E-state index < -0.39 is 32.6 Å². The molecule has 0 aliphatic heterocycles. The minimum absolute atomic E-state index is 0.172. The van der Waals surface area contributed by atoms with Gasteiger partial charge in [0.15, 0.2) is 0 Å². The largest absolute Gasteiger partial charge is 0.248 e. The molecule has 0 aliphatic rings.